The summed E-state index contributed by atoms with van der Waals surface area (Å²) in [5, 5.41) is 4.17. The molecule has 3 aromatic rings. The Bertz CT molecular complexity index is 959. The summed E-state index contributed by atoms with van der Waals surface area (Å²) >= 11 is 1.47. The van der Waals surface area contributed by atoms with Gasteiger partial charge in [-0.1, -0.05) is 0 Å². The quantitative estimate of drug-likeness (QED) is 0.648. The molecule has 0 bridgehead atoms. The predicted octanol–water partition coefficient (Wildman–Crippen LogP) is 3.16. The molecule has 1 amide bonds. The predicted molar refractivity (Wildman–Crippen MR) is 113 cm³/mol. The number of morpholine rings is 1. The summed E-state index contributed by atoms with van der Waals surface area (Å²) in [6.45, 7) is 9.30. The molecule has 1 N–H and O–H groups in total. The molecule has 1 fully saturated rings. The summed E-state index contributed by atoms with van der Waals surface area (Å²) in [7, 11) is 0. The van der Waals surface area contributed by atoms with E-state index in [9.17, 15) is 4.79 Å². The smallest absolute Gasteiger partial charge is 0.263 e. The molecule has 0 saturated carbocycles. The Morgan fingerprint density at radius 1 is 1.25 bits per heavy atom. The molecular weight excluding hydrogens is 372 g/mol. The first-order chi connectivity index (χ1) is 13.6. The van der Waals surface area contributed by atoms with Crippen molar-refractivity contribution in [2.75, 3.05) is 39.4 Å². The van der Waals surface area contributed by atoms with Gasteiger partial charge in [0.25, 0.3) is 5.91 Å². The maximum atomic E-state index is 13.0. The number of aryl methyl sites for hydroxylation is 2. The monoisotopic (exact) mass is 398 g/mol. The van der Waals surface area contributed by atoms with Gasteiger partial charge in [0, 0.05) is 43.1 Å². The standard InChI is InChI=1S/C21H26N4O2S/c1-15-14-16(2)23-21-17(15)18(25-8-3-4-9-25)19(28-21)20(26)22-6-5-7-24-10-12-27-13-11-24/h3-4,8-9,14H,5-7,10-13H2,1-2H3,(H,22,26). The lowest BCUT2D eigenvalue weighted by Crippen LogP contribution is -2.38. The molecule has 4 heterocycles. The number of hydrogen-bond acceptors (Lipinski definition) is 5. The van der Waals surface area contributed by atoms with E-state index >= 15 is 0 Å². The number of pyridine rings is 1. The lowest BCUT2D eigenvalue weighted by molar-refractivity contribution is 0.0374. The van der Waals surface area contributed by atoms with Crippen molar-refractivity contribution in [3.05, 3.63) is 46.7 Å². The van der Waals surface area contributed by atoms with Crippen LogP contribution in [0.1, 0.15) is 27.3 Å². The minimum Gasteiger partial charge on any atom is -0.379 e. The normalized spacial score (nSPS) is 15.2. The Labute approximate surface area is 169 Å². The molecule has 0 aromatic carbocycles. The van der Waals surface area contributed by atoms with Crippen LogP contribution >= 0.6 is 11.3 Å². The SMILES string of the molecule is Cc1cc(C)c2c(-n3cccc3)c(C(=O)NCCCN3CCOCC3)sc2n1. The second-order valence-corrected chi connectivity index (χ2v) is 8.19. The van der Waals surface area contributed by atoms with E-state index in [2.05, 4.69) is 28.2 Å². The summed E-state index contributed by atoms with van der Waals surface area (Å²) in [6, 6.07) is 6.03. The highest BCUT2D eigenvalue weighted by molar-refractivity contribution is 7.21. The Hall–Kier alpha value is -2.22. The zero-order valence-electron chi connectivity index (χ0n) is 16.4. The fourth-order valence-corrected chi connectivity index (χ4v) is 4.93. The lowest BCUT2D eigenvalue weighted by atomic mass is 10.1. The molecule has 7 heteroatoms. The number of carbonyl (C=O) groups is 1. The first-order valence-corrected chi connectivity index (χ1v) is 10.6. The highest BCUT2D eigenvalue weighted by atomic mass is 32.1. The van der Waals surface area contributed by atoms with Crippen molar-refractivity contribution in [3.63, 3.8) is 0 Å². The van der Waals surface area contributed by atoms with E-state index in [4.69, 9.17) is 4.74 Å². The van der Waals surface area contributed by atoms with Crippen molar-refractivity contribution < 1.29 is 9.53 Å². The number of nitrogens with one attached hydrogen (secondary N) is 1. The lowest BCUT2D eigenvalue weighted by Gasteiger charge is -2.26. The molecule has 0 atom stereocenters. The highest BCUT2D eigenvalue weighted by Gasteiger charge is 2.22. The molecule has 0 unspecified atom stereocenters. The van der Waals surface area contributed by atoms with Crippen molar-refractivity contribution in [2.45, 2.75) is 20.3 Å². The summed E-state index contributed by atoms with van der Waals surface area (Å²) in [5.74, 6) is -0.0225. The van der Waals surface area contributed by atoms with E-state index in [0.717, 1.165) is 71.3 Å². The van der Waals surface area contributed by atoms with Crippen LogP contribution < -0.4 is 5.32 Å². The number of fused-ring (bicyclic) bond motifs is 1. The van der Waals surface area contributed by atoms with E-state index in [1.807, 2.05) is 36.0 Å². The van der Waals surface area contributed by atoms with E-state index in [0.29, 0.717) is 6.54 Å². The fraction of sp³-hybridized carbons (Fsp3) is 0.429. The van der Waals surface area contributed by atoms with Gasteiger partial charge in [0.2, 0.25) is 0 Å². The molecule has 1 aliphatic rings. The van der Waals surface area contributed by atoms with Crippen molar-refractivity contribution in [1.29, 1.82) is 0 Å². The zero-order chi connectivity index (χ0) is 19.5. The molecule has 0 spiro atoms. The van der Waals surface area contributed by atoms with Crippen LogP contribution in [-0.4, -0.2) is 59.8 Å². The number of hydrogen-bond donors (Lipinski definition) is 1. The average Bonchev–Trinajstić information content (AvgIpc) is 3.33. The summed E-state index contributed by atoms with van der Waals surface area (Å²) in [6.07, 6.45) is 4.90. The number of ether oxygens (including phenoxy) is 1. The Morgan fingerprint density at radius 2 is 2.00 bits per heavy atom. The minimum atomic E-state index is -0.0225. The first-order valence-electron chi connectivity index (χ1n) is 9.76. The summed E-state index contributed by atoms with van der Waals surface area (Å²) < 4.78 is 7.40. The Kier molecular flexibility index (Phi) is 5.75. The summed E-state index contributed by atoms with van der Waals surface area (Å²) in [4.78, 5) is 21.7. The van der Waals surface area contributed by atoms with Crippen molar-refractivity contribution in [2.24, 2.45) is 0 Å². The van der Waals surface area contributed by atoms with Crippen molar-refractivity contribution >= 4 is 27.5 Å². The second-order valence-electron chi connectivity index (χ2n) is 7.19. The largest absolute Gasteiger partial charge is 0.379 e. The van der Waals surface area contributed by atoms with Gasteiger partial charge in [0.05, 0.1) is 18.9 Å². The molecule has 0 radical (unpaired) electrons. The third kappa shape index (κ3) is 3.97. The van der Waals surface area contributed by atoms with Crippen molar-refractivity contribution in [1.82, 2.24) is 19.8 Å². The topological polar surface area (TPSA) is 59.4 Å². The number of nitrogens with zero attached hydrogens (tertiary/aromatic N) is 3. The molecule has 148 valence electrons. The molecule has 0 aliphatic carbocycles. The van der Waals surface area contributed by atoms with Gasteiger partial charge in [0.15, 0.2) is 0 Å². The average molecular weight is 399 g/mol. The van der Waals surface area contributed by atoms with Crippen LogP contribution in [0.15, 0.2) is 30.6 Å². The van der Waals surface area contributed by atoms with Gasteiger partial charge in [-0.25, -0.2) is 4.98 Å². The van der Waals surface area contributed by atoms with Gasteiger partial charge in [-0.15, -0.1) is 11.3 Å². The van der Waals surface area contributed by atoms with Gasteiger partial charge in [0.1, 0.15) is 9.71 Å². The van der Waals surface area contributed by atoms with Gasteiger partial charge in [-0.3, -0.25) is 9.69 Å². The zero-order valence-corrected chi connectivity index (χ0v) is 17.2. The first kappa shape index (κ1) is 19.1. The van der Waals surface area contributed by atoms with Crippen LogP contribution in [0.25, 0.3) is 15.9 Å². The van der Waals surface area contributed by atoms with E-state index in [1.54, 1.807) is 0 Å². The van der Waals surface area contributed by atoms with E-state index in [1.165, 1.54) is 11.3 Å². The molecule has 1 saturated heterocycles. The van der Waals surface area contributed by atoms with Gasteiger partial charge in [-0.05, 0) is 50.6 Å². The molecular formula is C21H26N4O2S. The second kappa shape index (κ2) is 8.43. The Morgan fingerprint density at radius 3 is 2.75 bits per heavy atom. The van der Waals surface area contributed by atoms with Crippen LogP contribution in [0, 0.1) is 13.8 Å². The van der Waals surface area contributed by atoms with Crippen LogP contribution in [0.4, 0.5) is 0 Å². The third-order valence-corrected chi connectivity index (χ3v) is 6.14. The van der Waals surface area contributed by atoms with Crippen LogP contribution in [0.3, 0.4) is 0 Å². The number of carbonyl (C=O) groups excluding carboxylic acids is 1. The van der Waals surface area contributed by atoms with Crippen LogP contribution in [0.5, 0.6) is 0 Å². The number of rotatable bonds is 6. The van der Waals surface area contributed by atoms with E-state index in [-0.39, 0.29) is 5.91 Å². The van der Waals surface area contributed by atoms with Crippen LogP contribution in [-0.2, 0) is 4.74 Å². The number of amides is 1. The van der Waals surface area contributed by atoms with Crippen LogP contribution in [0.2, 0.25) is 0 Å². The Balaban J connectivity index is 1.53. The molecule has 1 aliphatic heterocycles. The molecule has 3 aromatic heterocycles. The molecule has 4 rings (SSSR count). The molecule has 28 heavy (non-hydrogen) atoms. The van der Waals surface area contributed by atoms with E-state index < -0.39 is 0 Å². The fourth-order valence-electron chi connectivity index (χ4n) is 3.72. The maximum absolute atomic E-state index is 13.0. The number of thiophene rings is 1. The van der Waals surface area contributed by atoms with Crippen molar-refractivity contribution in [3.8, 4) is 5.69 Å². The highest BCUT2D eigenvalue weighted by Crippen LogP contribution is 2.35. The third-order valence-electron chi connectivity index (χ3n) is 5.07. The molecule has 6 nitrogen and oxygen atoms in total. The van der Waals surface area contributed by atoms with Gasteiger partial charge in [-0.2, -0.15) is 0 Å². The number of aromatic nitrogens is 2. The summed E-state index contributed by atoms with van der Waals surface area (Å²) in [5.41, 5.74) is 3.05. The van der Waals surface area contributed by atoms with Gasteiger partial charge < -0.3 is 14.6 Å². The van der Waals surface area contributed by atoms with Gasteiger partial charge >= 0.3 is 0 Å². The minimum absolute atomic E-state index is 0.0225. The maximum Gasteiger partial charge on any atom is 0.263 e.